The Bertz CT molecular complexity index is 713. The molecular weight excluding hydrogens is 326 g/mol. The molecule has 0 saturated carbocycles. The smallest absolute Gasteiger partial charge is 0.246 e. The van der Waals surface area contributed by atoms with Gasteiger partial charge >= 0.3 is 0 Å². The van der Waals surface area contributed by atoms with Gasteiger partial charge in [0.05, 0.1) is 6.20 Å². The zero-order valence-corrected chi connectivity index (χ0v) is 13.9. The molecule has 1 aromatic carbocycles. The van der Waals surface area contributed by atoms with Gasteiger partial charge in [0.1, 0.15) is 6.10 Å². The number of halogens is 1. The van der Waals surface area contributed by atoms with E-state index in [0.29, 0.717) is 24.0 Å². The maximum absolute atomic E-state index is 12.3. The Morgan fingerprint density at radius 1 is 1.25 bits per heavy atom. The van der Waals surface area contributed by atoms with Gasteiger partial charge in [-0.1, -0.05) is 29.8 Å². The first kappa shape index (κ1) is 16.5. The highest BCUT2D eigenvalue weighted by Gasteiger charge is 2.23. The van der Waals surface area contributed by atoms with Crippen molar-refractivity contribution < 1.29 is 9.53 Å². The number of piperidine rings is 1. The van der Waals surface area contributed by atoms with E-state index in [2.05, 4.69) is 9.97 Å². The van der Waals surface area contributed by atoms with Crippen LogP contribution in [0.4, 0.5) is 0 Å². The molecule has 5 nitrogen and oxygen atoms in total. The van der Waals surface area contributed by atoms with Crippen LogP contribution in [-0.2, 0) is 4.79 Å². The summed E-state index contributed by atoms with van der Waals surface area (Å²) in [6, 6.07) is 7.45. The lowest BCUT2D eigenvalue weighted by atomic mass is 10.1. The molecule has 0 bridgehead atoms. The summed E-state index contributed by atoms with van der Waals surface area (Å²) in [5.41, 5.74) is 0.841. The van der Waals surface area contributed by atoms with Gasteiger partial charge in [-0.3, -0.25) is 9.78 Å². The van der Waals surface area contributed by atoms with E-state index in [1.165, 1.54) is 0 Å². The third-order valence-corrected chi connectivity index (χ3v) is 4.24. The molecule has 24 heavy (non-hydrogen) atoms. The van der Waals surface area contributed by atoms with Gasteiger partial charge in [0.2, 0.25) is 11.8 Å². The van der Waals surface area contributed by atoms with Crippen LogP contribution in [0.5, 0.6) is 5.88 Å². The summed E-state index contributed by atoms with van der Waals surface area (Å²) < 4.78 is 5.78. The number of hydrogen-bond acceptors (Lipinski definition) is 4. The number of carbonyl (C=O) groups excluding carboxylic acids is 1. The molecule has 1 aliphatic rings. The largest absolute Gasteiger partial charge is 0.473 e. The second kappa shape index (κ2) is 7.93. The predicted molar refractivity (Wildman–Crippen MR) is 92.7 cm³/mol. The van der Waals surface area contributed by atoms with Gasteiger partial charge in [0, 0.05) is 49.4 Å². The number of hydrogen-bond donors (Lipinski definition) is 0. The standard InChI is InChI=1S/C18H18ClN3O2/c19-16-4-2-1-3-14(16)5-6-18(23)22-11-7-15(8-12-22)24-17-13-20-9-10-21-17/h1-6,9-10,13,15H,7-8,11-12H2. The second-order valence-electron chi connectivity index (χ2n) is 5.54. The minimum absolute atomic E-state index is 0.00660. The normalized spacial score (nSPS) is 15.6. The van der Waals surface area contributed by atoms with Crippen LogP contribution in [0.3, 0.4) is 0 Å². The number of benzene rings is 1. The van der Waals surface area contributed by atoms with Crippen LogP contribution in [0, 0.1) is 0 Å². The molecule has 2 aromatic rings. The summed E-state index contributed by atoms with van der Waals surface area (Å²) in [6.07, 6.45) is 9.78. The molecule has 1 aromatic heterocycles. The van der Waals surface area contributed by atoms with E-state index in [1.54, 1.807) is 36.8 Å². The molecule has 1 saturated heterocycles. The molecule has 1 aliphatic heterocycles. The van der Waals surface area contributed by atoms with Crippen LogP contribution in [0.15, 0.2) is 48.9 Å². The first-order valence-electron chi connectivity index (χ1n) is 7.86. The summed E-state index contributed by atoms with van der Waals surface area (Å²) in [5, 5.41) is 0.637. The van der Waals surface area contributed by atoms with Crippen molar-refractivity contribution in [2.75, 3.05) is 13.1 Å². The third kappa shape index (κ3) is 4.32. The highest BCUT2D eigenvalue weighted by Crippen LogP contribution is 2.18. The molecule has 0 spiro atoms. The topological polar surface area (TPSA) is 55.3 Å². The highest BCUT2D eigenvalue weighted by molar-refractivity contribution is 6.32. The van der Waals surface area contributed by atoms with E-state index in [4.69, 9.17) is 16.3 Å². The Balaban J connectivity index is 1.51. The lowest BCUT2D eigenvalue weighted by molar-refractivity contribution is -0.127. The van der Waals surface area contributed by atoms with Crippen molar-refractivity contribution in [1.82, 2.24) is 14.9 Å². The molecule has 0 radical (unpaired) electrons. The predicted octanol–water partition coefficient (Wildman–Crippen LogP) is 3.21. The number of ether oxygens (including phenoxy) is 1. The lowest BCUT2D eigenvalue weighted by Crippen LogP contribution is -2.41. The van der Waals surface area contributed by atoms with Crippen molar-refractivity contribution in [1.29, 1.82) is 0 Å². The van der Waals surface area contributed by atoms with Crippen LogP contribution >= 0.6 is 11.6 Å². The van der Waals surface area contributed by atoms with Gasteiger partial charge in [0.15, 0.2) is 0 Å². The molecule has 1 amide bonds. The number of amides is 1. The summed E-state index contributed by atoms with van der Waals surface area (Å²) in [5.74, 6) is 0.522. The molecule has 2 heterocycles. The number of aromatic nitrogens is 2. The number of carbonyl (C=O) groups is 1. The van der Waals surface area contributed by atoms with E-state index >= 15 is 0 Å². The molecule has 3 rings (SSSR count). The van der Waals surface area contributed by atoms with Crippen LogP contribution < -0.4 is 4.74 Å². The lowest BCUT2D eigenvalue weighted by Gasteiger charge is -2.31. The summed E-state index contributed by atoms with van der Waals surface area (Å²) in [7, 11) is 0. The quantitative estimate of drug-likeness (QED) is 0.800. The third-order valence-electron chi connectivity index (χ3n) is 3.89. The molecule has 1 fully saturated rings. The molecule has 124 valence electrons. The van der Waals surface area contributed by atoms with Crippen LogP contribution in [-0.4, -0.2) is 40.0 Å². The van der Waals surface area contributed by atoms with Gasteiger partial charge in [-0.2, -0.15) is 0 Å². The Labute approximate surface area is 145 Å². The van der Waals surface area contributed by atoms with Crippen molar-refractivity contribution in [3.63, 3.8) is 0 Å². The van der Waals surface area contributed by atoms with Gasteiger partial charge in [-0.15, -0.1) is 0 Å². The van der Waals surface area contributed by atoms with E-state index in [1.807, 2.05) is 23.1 Å². The Kier molecular flexibility index (Phi) is 5.43. The highest BCUT2D eigenvalue weighted by atomic mass is 35.5. The Morgan fingerprint density at radius 2 is 2.04 bits per heavy atom. The minimum atomic E-state index is -0.00660. The van der Waals surface area contributed by atoms with Gasteiger partial charge in [-0.05, 0) is 17.7 Å². The first-order chi connectivity index (χ1) is 11.7. The molecule has 0 unspecified atom stereocenters. The molecule has 0 aliphatic carbocycles. The van der Waals surface area contributed by atoms with Crippen LogP contribution in [0.25, 0.3) is 6.08 Å². The van der Waals surface area contributed by atoms with Crippen molar-refractivity contribution in [3.8, 4) is 5.88 Å². The number of likely N-dealkylation sites (tertiary alicyclic amines) is 1. The van der Waals surface area contributed by atoms with Crippen LogP contribution in [0.1, 0.15) is 18.4 Å². The SMILES string of the molecule is O=C(C=Cc1ccccc1Cl)N1CCC(Oc2cnccn2)CC1. The van der Waals surface area contributed by atoms with Gasteiger partial charge < -0.3 is 9.64 Å². The fourth-order valence-electron chi connectivity index (χ4n) is 2.59. The summed E-state index contributed by atoms with van der Waals surface area (Å²) in [4.78, 5) is 22.2. The average molecular weight is 344 g/mol. The monoisotopic (exact) mass is 343 g/mol. The maximum Gasteiger partial charge on any atom is 0.246 e. The van der Waals surface area contributed by atoms with Crippen molar-refractivity contribution in [2.45, 2.75) is 18.9 Å². The molecule has 0 N–H and O–H groups in total. The fraction of sp³-hybridized carbons (Fsp3) is 0.278. The molecule has 6 heteroatoms. The van der Waals surface area contributed by atoms with Gasteiger partial charge in [-0.25, -0.2) is 4.98 Å². The first-order valence-corrected chi connectivity index (χ1v) is 8.24. The fourth-order valence-corrected chi connectivity index (χ4v) is 2.79. The van der Waals surface area contributed by atoms with Crippen molar-refractivity contribution in [3.05, 3.63) is 59.5 Å². The van der Waals surface area contributed by atoms with E-state index in [0.717, 1.165) is 18.4 Å². The average Bonchev–Trinajstić information content (AvgIpc) is 2.62. The van der Waals surface area contributed by atoms with E-state index in [-0.39, 0.29) is 12.0 Å². The Hall–Kier alpha value is -2.40. The molecular formula is C18H18ClN3O2. The number of rotatable bonds is 4. The van der Waals surface area contributed by atoms with Crippen molar-refractivity contribution >= 4 is 23.6 Å². The number of nitrogens with zero attached hydrogens (tertiary/aromatic N) is 3. The van der Waals surface area contributed by atoms with Crippen LogP contribution in [0.2, 0.25) is 5.02 Å². The molecule has 0 atom stereocenters. The maximum atomic E-state index is 12.3. The van der Waals surface area contributed by atoms with E-state index < -0.39 is 0 Å². The summed E-state index contributed by atoms with van der Waals surface area (Å²) in [6.45, 7) is 1.33. The van der Waals surface area contributed by atoms with E-state index in [9.17, 15) is 4.79 Å². The zero-order chi connectivity index (χ0) is 16.8. The van der Waals surface area contributed by atoms with Gasteiger partial charge in [0.25, 0.3) is 0 Å². The minimum Gasteiger partial charge on any atom is -0.473 e. The Morgan fingerprint density at radius 3 is 2.75 bits per heavy atom. The van der Waals surface area contributed by atoms with Crippen molar-refractivity contribution in [2.24, 2.45) is 0 Å². The zero-order valence-electron chi connectivity index (χ0n) is 13.1. The summed E-state index contributed by atoms with van der Waals surface area (Å²) >= 11 is 6.09. The second-order valence-corrected chi connectivity index (χ2v) is 5.95.